The molecule has 4 heteroatoms. The number of hydrogen-bond acceptors (Lipinski definition) is 1. The second-order valence-electron chi connectivity index (χ2n) is 3.23. The van der Waals surface area contributed by atoms with E-state index in [2.05, 4.69) is 5.32 Å². The first-order valence-corrected chi connectivity index (χ1v) is 4.54. The maximum atomic E-state index is 12.8. The lowest BCUT2D eigenvalue weighted by Gasteiger charge is -2.03. The van der Waals surface area contributed by atoms with Gasteiger partial charge in [-0.05, 0) is 31.7 Å². The third kappa shape index (κ3) is 3.09. The first kappa shape index (κ1) is 11.8. The average molecular weight is 215 g/mol. The van der Waals surface area contributed by atoms with Crippen LogP contribution < -0.4 is 5.32 Å². The third-order valence-electron chi connectivity index (χ3n) is 2.04. The Kier molecular flexibility index (Phi) is 3.91. The van der Waals surface area contributed by atoms with Crippen molar-refractivity contribution in [3.63, 3.8) is 0 Å². The van der Waals surface area contributed by atoms with Gasteiger partial charge in [0.05, 0.1) is 0 Å². The number of rotatable bonds is 3. The Bertz CT molecular complexity index is 351. The first-order valence-electron chi connectivity index (χ1n) is 4.54. The van der Waals surface area contributed by atoms with Crippen molar-refractivity contribution in [2.45, 2.75) is 13.0 Å². The molecule has 1 aromatic carbocycles. The molecule has 0 heterocycles. The van der Waals surface area contributed by atoms with Crippen molar-refractivity contribution in [1.82, 2.24) is 5.32 Å². The molecule has 15 heavy (non-hydrogen) atoms. The number of likely N-dealkylation sites (N-methyl/N-ethyl adjacent to an activating group) is 1. The Morgan fingerprint density at radius 2 is 1.73 bits per heavy atom. The van der Waals surface area contributed by atoms with Crippen molar-refractivity contribution in [2.24, 2.45) is 0 Å². The molecular formula is C11H12F3N. The monoisotopic (exact) mass is 215 g/mol. The van der Waals surface area contributed by atoms with Crippen LogP contribution in [0, 0.1) is 17.5 Å². The van der Waals surface area contributed by atoms with Gasteiger partial charge in [0.25, 0.3) is 0 Å². The van der Waals surface area contributed by atoms with E-state index in [1.807, 2.05) is 6.92 Å². The number of halogens is 3. The minimum atomic E-state index is -1.44. The van der Waals surface area contributed by atoms with Gasteiger partial charge in [0.15, 0.2) is 17.5 Å². The van der Waals surface area contributed by atoms with E-state index in [1.54, 1.807) is 13.1 Å². The summed E-state index contributed by atoms with van der Waals surface area (Å²) >= 11 is 0. The Hall–Kier alpha value is -1.29. The average Bonchev–Trinajstić information content (AvgIpc) is 2.22. The molecule has 0 fully saturated rings. The second-order valence-corrected chi connectivity index (χ2v) is 3.23. The molecule has 0 bridgehead atoms. The summed E-state index contributed by atoms with van der Waals surface area (Å²) in [6.07, 6.45) is 3.26. The number of hydrogen-bond donors (Lipinski definition) is 1. The Labute approximate surface area is 86.6 Å². The van der Waals surface area contributed by atoms with Gasteiger partial charge >= 0.3 is 0 Å². The minimum absolute atomic E-state index is 0.0844. The molecule has 82 valence electrons. The molecule has 0 saturated carbocycles. The molecule has 1 atom stereocenters. The maximum Gasteiger partial charge on any atom is 0.194 e. The summed E-state index contributed by atoms with van der Waals surface area (Å²) in [5.74, 6) is -3.78. The lowest BCUT2D eigenvalue weighted by atomic mass is 10.1. The van der Waals surface area contributed by atoms with Crippen LogP contribution in [0.25, 0.3) is 6.08 Å². The molecule has 0 aliphatic rings. The zero-order chi connectivity index (χ0) is 11.4. The molecule has 1 N–H and O–H groups in total. The lowest BCUT2D eigenvalue weighted by Crippen LogP contribution is -2.17. The van der Waals surface area contributed by atoms with Gasteiger partial charge in [0.1, 0.15) is 0 Å². The van der Waals surface area contributed by atoms with Gasteiger partial charge < -0.3 is 5.32 Å². The summed E-state index contributed by atoms with van der Waals surface area (Å²) in [6, 6.07) is 2.00. The molecular weight excluding hydrogens is 203 g/mol. The molecule has 1 unspecified atom stereocenters. The van der Waals surface area contributed by atoms with E-state index >= 15 is 0 Å². The molecule has 0 amide bonds. The Morgan fingerprint density at radius 1 is 1.20 bits per heavy atom. The standard InChI is InChI=1S/C11H12F3N/c1-7(15-2)3-4-8-5-9(12)11(14)10(13)6-8/h3-7,15H,1-2H3/b4-3+. The van der Waals surface area contributed by atoms with Gasteiger partial charge in [0.2, 0.25) is 0 Å². The van der Waals surface area contributed by atoms with Crippen LogP contribution in [0.15, 0.2) is 18.2 Å². The molecule has 0 saturated heterocycles. The molecule has 1 aromatic rings. The summed E-state index contributed by atoms with van der Waals surface area (Å²) in [4.78, 5) is 0. The van der Waals surface area contributed by atoms with Crippen LogP contribution in [0.3, 0.4) is 0 Å². The Balaban J connectivity index is 2.92. The summed E-state index contributed by atoms with van der Waals surface area (Å²) in [6.45, 7) is 1.88. The number of nitrogens with one attached hydrogen (secondary N) is 1. The third-order valence-corrected chi connectivity index (χ3v) is 2.04. The van der Waals surface area contributed by atoms with Crippen molar-refractivity contribution >= 4 is 6.08 Å². The van der Waals surface area contributed by atoms with Crippen molar-refractivity contribution in [3.8, 4) is 0 Å². The number of benzene rings is 1. The quantitative estimate of drug-likeness (QED) is 0.764. The van der Waals surface area contributed by atoms with Crippen molar-refractivity contribution < 1.29 is 13.2 Å². The molecule has 0 radical (unpaired) electrons. The summed E-state index contributed by atoms with van der Waals surface area (Å²) < 4.78 is 38.2. The molecule has 0 aliphatic carbocycles. The van der Waals surface area contributed by atoms with Crippen LogP contribution in [-0.2, 0) is 0 Å². The van der Waals surface area contributed by atoms with Gasteiger partial charge in [-0.1, -0.05) is 12.2 Å². The van der Waals surface area contributed by atoms with E-state index < -0.39 is 17.5 Å². The predicted octanol–water partition coefficient (Wildman–Crippen LogP) is 2.73. The summed E-state index contributed by atoms with van der Waals surface area (Å²) in [7, 11) is 1.76. The maximum absolute atomic E-state index is 12.8. The fourth-order valence-electron chi connectivity index (χ4n) is 1.02. The first-order chi connectivity index (χ1) is 7.04. The highest BCUT2D eigenvalue weighted by Crippen LogP contribution is 2.14. The minimum Gasteiger partial charge on any atom is -0.314 e. The van der Waals surface area contributed by atoms with E-state index in [9.17, 15) is 13.2 Å². The van der Waals surface area contributed by atoms with Gasteiger partial charge in [-0.3, -0.25) is 0 Å². The summed E-state index contributed by atoms with van der Waals surface area (Å²) in [5, 5.41) is 2.93. The Morgan fingerprint density at radius 3 is 2.20 bits per heavy atom. The van der Waals surface area contributed by atoms with Crippen LogP contribution in [0.2, 0.25) is 0 Å². The van der Waals surface area contributed by atoms with Crippen molar-refractivity contribution in [1.29, 1.82) is 0 Å². The second kappa shape index (κ2) is 4.98. The molecule has 0 spiro atoms. The topological polar surface area (TPSA) is 12.0 Å². The zero-order valence-electron chi connectivity index (χ0n) is 8.52. The van der Waals surface area contributed by atoms with Crippen molar-refractivity contribution in [3.05, 3.63) is 41.2 Å². The van der Waals surface area contributed by atoms with Crippen LogP contribution >= 0.6 is 0 Å². The van der Waals surface area contributed by atoms with E-state index in [1.165, 1.54) is 6.08 Å². The SMILES string of the molecule is CNC(C)/C=C/c1cc(F)c(F)c(F)c1. The highest BCUT2D eigenvalue weighted by atomic mass is 19.2. The fourth-order valence-corrected chi connectivity index (χ4v) is 1.02. The smallest absolute Gasteiger partial charge is 0.194 e. The van der Waals surface area contributed by atoms with Gasteiger partial charge in [0, 0.05) is 6.04 Å². The van der Waals surface area contributed by atoms with Gasteiger partial charge in [-0.15, -0.1) is 0 Å². The highest BCUT2D eigenvalue weighted by molar-refractivity contribution is 5.50. The van der Waals surface area contributed by atoms with Crippen LogP contribution in [-0.4, -0.2) is 13.1 Å². The van der Waals surface area contributed by atoms with E-state index in [0.29, 0.717) is 5.56 Å². The molecule has 1 nitrogen and oxygen atoms in total. The highest BCUT2D eigenvalue weighted by Gasteiger charge is 2.08. The summed E-state index contributed by atoms with van der Waals surface area (Å²) in [5.41, 5.74) is 0.300. The van der Waals surface area contributed by atoms with Crippen LogP contribution in [0.5, 0.6) is 0 Å². The fraction of sp³-hybridized carbons (Fsp3) is 0.273. The van der Waals surface area contributed by atoms with Gasteiger partial charge in [-0.2, -0.15) is 0 Å². The predicted molar refractivity (Wildman–Crippen MR) is 53.9 cm³/mol. The van der Waals surface area contributed by atoms with E-state index in [0.717, 1.165) is 12.1 Å². The molecule has 0 aliphatic heterocycles. The normalized spacial score (nSPS) is 13.4. The zero-order valence-corrected chi connectivity index (χ0v) is 8.52. The van der Waals surface area contributed by atoms with Crippen LogP contribution in [0.4, 0.5) is 13.2 Å². The lowest BCUT2D eigenvalue weighted by molar-refractivity contribution is 0.447. The molecule has 1 rings (SSSR count). The van der Waals surface area contributed by atoms with E-state index in [4.69, 9.17) is 0 Å². The van der Waals surface area contributed by atoms with Crippen LogP contribution in [0.1, 0.15) is 12.5 Å². The van der Waals surface area contributed by atoms with Crippen molar-refractivity contribution in [2.75, 3.05) is 7.05 Å². The van der Waals surface area contributed by atoms with Gasteiger partial charge in [-0.25, -0.2) is 13.2 Å². The molecule has 0 aromatic heterocycles. The largest absolute Gasteiger partial charge is 0.314 e. The van der Waals surface area contributed by atoms with E-state index in [-0.39, 0.29) is 6.04 Å².